The molecule has 0 fully saturated rings. The topological polar surface area (TPSA) is 13.6 Å². The van der Waals surface area contributed by atoms with E-state index in [4.69, 9.17) is 11.3 Å². The highest BCUT2D eigenvalue weighted by Crippen LogP contribution is 2.34. The molecule has 1 rings (SSSR count). The number of benzene rings is 1. The average Bonchev–Trinajstić information content (AvgIpc) is 2.25. The number of methoxy groups -OCH3 is 1. The fraction of sp³-hybridized carbons (Fsp3) is 0.364. The molecule has 2 nitrogen and oxygen atoms in total. The number of halogens is 3. The first kappa shape index (κ1) is 12.4. The minimum Gasteiger partial charge on any atom is -0.497 e. The van der Waals surface area contributed by atoms with E-state index >= 15 is 0 Å². The van der Waals surface area contributed by atoms with E-state index in [0.717, 1.165) is 6.07 Å². The molecule has 0 heterocycles. The Morgan fingerprint density at radius 1 is 1.38 bits per heavy atom. The van der Waals surface area contributed by atoms with Crippen molar-refractivity contribution in [3.05, 3.63) is 40.7 Å². The van der Waals surface area contributed by atoms with E-state index < -0.39 is 11.7 Å². The molecule has 0 aromatic heterocycles. The van der Waals surface area contributed by atoms with Gasteiger partial charge in [0.05, 0.1) is 12.7 Å². The SMILES string of the molecule is [C-]#[N+]CCc1ccc(OC)cc1C(F)(F)F. The Kier molecular flexibility index (Phi) is 3.78. The molecule has 0 aliphatic rings. The van der Waals surface area contributed by atoms with Crippen LogP contribution in [0.25, 0.3) is 4.85 Å². The Morgan fingerprint density at radius 3 is 2.56 bits per heavy atom. The molecule has 0 aliphatic carbocycles. The molecule has 0 N–H and O–H groups in total. The maximum atomic E-state index is 12.7. The van der Waals surface area contributed by atoms with Crippen LogP contribution in [-0.4, -0.2) is 13.7 Å². The second-order valence-corrected chi connectivity index (χ2v) is 3.15. The third kappa shape index (κ3) is 2.89. The number of nitrogens with zero attached hydrogens (tertiary/aromatic N) is 1. The molecule has 0 atom stereocenters. The molecule has 16 heavy (non-hydrogen) atoms. The van der Waals surface area contributed by atoms with Gasteiger partial charge in [0.15, 0.2) is 0 Å². The van der Waals surface area contributed by atoms with Gasteiger partial charge in [0.2, 0.25) is 6.54 Å². The molecule has 0 aliphatic heterocycles. The minimum absolute atomic E-state index is 0.0510. The summed E-state index contributed by atoms with van der Waals surface area (Å²) in [6.07, 6.45) is -4.31. The van der Waals surface area contributed by atoms with Crippen LogP contribution in [-0.2, 0) is 12.6 Å². The van der Waals surface area contributed by atoms with E-state index in [9.17, 15) is 13.2 Å². The van der Waals surface area contributed by atoms with Crippen molar-refractivity contribution in [3.8, 4) is 5.75 Å². The average molecular weight is 229 g/mol. The Morgan fingerprint density at radius 2 is 2.06 bits per heavy atom. The van der Waals surface area contributed by atoms with Crippen LogP contribution in [0.2, 0.25) is 0 Å². The number of hydrogen-bond donors (Lipinski definition) is 0. The molecule has 0 bridgehead atoms. The molecule has 0 saturated heterocycles. The number of ether oxygens (including phenoxy) is 1. The summed E-state index contributed by atoms with van der Waals surface area (Å²) in [7, 11) is 1.31. The highest BCUT2D eigenvalue weighted by Gasteiger charge is 2.33. The quantitative estimate of drug-likeness (QED) is 0.726. The zero-order valence-corrected chi connectivity index (χ0v) is 8.64. The lowest BCUT2D eigenvalue weighted by atomic mass is 10.0. The third-order valence-electron chi connectivity index (χ3n) is 2.12. The highest BCUT2D eigenvalue weighted by atomic mass is 19.4. The third-order valence-corrected chi connectivity index (χ3v) is 2.12. The Balaban J connectivity index is 3.12. The summed E-state index contributed by atoms with van der Waals surface area (Å²) < 4.78 is 42.7. The molecule has 86 valence electrons. The van der Waals surface area contributed by atoms with Crippen molar-refractivity contribution >= 4 is 0 Å². The van der Waals surface area contributed by atoms with Crippen molar-refractivity contribution in [1.82, 2.24) is 0 Å². The molecular weight excluding hydrogens is 219 g/mol. The number of rotatable bonds is 3. The van der Waals surface area contributed by atoms with Crippen LogP contribution in [0, 0.1) is 6.57 Å². The maximum Gasteiger partial charge on any atom is 0.416 e. The predicted octanol–water partition coefficient (Wildman–Crippen LogP) is 3.18. The second-order valence-electron chi connectivity index (χ2n) is 3.15. The van der Waals surface area contributed by atoms with E-state index in [2.05, 4.69) is 4.85 Å². The van der Waals surface area contributed by atoms with Gasteiger partial charge in [-0.25, -0.2) is 6.57 Å². The molecule has 5 heteroatoms. The van der Waals surface area contributed by atoms with Crippen molar-refractivity contribution in [2.45, 2.75) is 12.6 Å². The van der Waals surface area contributed by atoms with E-state index in [-0.39, 0.29) is 24.3 Å². The van der Waals surface area contributed by atoms with Gasteiger partial charge in [-0.1, -0.05) is 6.07 Å². The Hall–Kier alpha value is -1.70. The smallest absolute Gasteiger partial charge is 0.416 e. The van der Waals surface area contributed by atoms with Gasteiger partial charge in [0.1, 0.15) is 5.75 Å². The second kappa shape index (κ2) is 4.88. The Bertz CT molecular complexity index is 407. The fourth-order valence-corrected chi connectivity index (χ4v) is 1.34. The van der Waals surface area contributed by atoms with E-state index in [1.54, 1.807) is 0 Å². The summed E-state index contributed by atoms with van der Waals surface area (Å²) in [6, 6.07) is 3.78. The van der Waals surface area contributed by atoms with Crippen LogP contribution in [0.5, 0.6) is 5.75 Å². The monoisotopic (exact) mass is 229 g/mol. The first-order valence-electron chi connectivity index (χ1n) is 4.56. The molecule has 0 spiro atoms. The Labute approximate surface area is 91.5 Å². The lowest BCUT2D eigenvalue weighted by molar-refractivity contribution is -0.138. The lowest BCUT2D eigenvalue weighted by Gasteiger charge is -2.12. The van der Waals surface area contributed by atoms with Gasteiger partial charge in [-0.2, -0.15) is 13.2 Å². The summed E-state index contributed by atoms with van der Waals surface area (Å²) in [6.45, 7) is 6.63. The summed E-state index contributed by atoms with van der Waals surface area (Å²) in [5.74, 6) is 0.166. The van der Waals surface area contributed by atoms with Gasteiger partial charge in [0, 0.05) is 6.42 Å². The summed E-state index contributed by atoms with van der Waals surface area (Å²) >= 11 is 0. The first-order chi connectivity index (χ1) is 7.49. The van der Waals surface area contributed by atoms with E-state index in [0.29, 0.717) is 0 Å². The van der Waals surface area contributed by atoms with Crippen LogP contribution in [0.1, 0.15) is 11.1 Å². The largest absolute Gasteiger partial charge is 0.497 e. The number of alkyl halides is 3. The van der Waals surface area contributed by atoms with E-state index in [1.165, 1.54) is 19.2 Å². The zero-order valence-electron chi connectivity index (χ0n) is 8.64. The normalized spacial score (nSPS) is 10.9. The lowest BCUT2D eigenvalue weighted by Crippen LogP contribution is -2.10. The minimum atomic E-state index is -4.41. The van der Waals surface area contributed by atoms with Crippen molar-refractivity contribution in [3.63, 3.8) is 0 Å². The van der Waals surface area contributed by atoms with Gasteiger partial charge in [-0.05, 0) is 17.7 Å². The zero-order chi connectivity index (χ0) is 12.2. The van der Waals surface area contributed by atoms with Gasteiger partial charge in [0.25, 0.3) is 0 Å². The molecule has 0 saturated carbocycles. The first-order valence-corrected chi connectivity index (χ1v) is 4.56. The summed E-state index contributed by atoms with van der Waals surface area (Å²) in [4.78, 5) is 3.05. The number of hydrogen-bond acceptors (Lipinski definition) is 1. The highest BCUT2D eigenvalue weighted by molar-refractivity contribution is 5.37. The van der Waals surface area contributed by atoms with Gasteiger partial charge >= 0.3 is 6.18 Å². The molecule has 0 radical (unpaired) electrons. The fourth-order valence-electron chi connectivity index (χ4n) is 1.34. The predicted molar refractivity (Wildman–Crippen MR) is 53.2 cm³/mol. The van der Waals surface area contributed by atoms with Crippen LogP contribution in [0.3, 0.4) is 0 Å². The molecule has 1 aromatic rings. The van der Waals surface area contributed by atoms with Gasteiger partial charge in [-0.15, -0.1) is 0 Å². The van der Waals surface area contributed by atoms with E-state index in [1.807, 2.05) is 0 Å². The van der Waals surface area contributed by atoms with Gasteiger partial charge in [-0.3, -0.25) is 0 Å². The van der Waals surface area contributed by atoms with Crippen molar-refractivity contribution in [1.29, 1.82) is 0 Å². The molecule has 0 unspecified atom stereocenters. The van der Waals surface area contributed by atoms with Crippen LogP contribution < -0.4 is 4.74 Å². The van der Waals surface area contributed by atoms with Crippen molar-refractivity contribution in [2.75, 3.05) is 13.7 Å². The molecular formula is C11H10F3NO. The van der Waals surface area contributed by atoms with Gasteiger partial charge < -0.3 is 9.58 Å². The summed E-state index contributed by atoms with van der Waals surface area (Å²) in [5, 5.41) is 0. The maximum absolute atomic E-state index is 12.7. The van der Waals surface area contributed by atoms with Crippen molar-refractivity contribution in [2.24, 2.45) is 0 Å². The van der Waals surface area contributed by atoms with Crippen LogP contribution >= 0.6 is 0 Å². The standard InChI is InChI=1S/C11H10F3NO/c1-15-6-5-8-3-4-9(16-2)7-10(8)11(12,13)14/h3-4,7H,5-6H2,2H3. The van der Waals surface area contributed by atoms with Crippen molar-refractivity contribution < 1.29 is 17.9 Å². The molecule has 1 aromatic carbocycles. The van der Waals surface area contributed by atoms with Crippen LogP contribution in [0.15, 0.2) is 18.2 Å². The molecule has 0 amide bonds. The van der Waals surface area contributed by atoms with Crippen LogP contribution in [0.4, 0.5) is 13.2 Å². The summed E-state index contributed by atoms with van der Waals surface area (Å²) in [5.41, 5.74) is -0.597.